The summed E-state index contributed by atoms with van der Waals surface area (Å²) in [5, 5.41) is 15.5. The van der Waals surface area contributed by atoms with Crippen molar-refractivity contribution in [3.8, 4) is 17.5 Å². The summed E-state index contributed by atoms with van der Waals surface area (Å²) < 4.78 is 6.03. The van der Waals surface area contributed by atoms with Gasteiger partial charge >= 0.3 is 0 Å². The second-order valence-corrected chi connectivity index (χ2v) is 9.66. The number of hydrogen-bond donors (Lipinski definition) is 0. The van der Waals surface area contributed by atoms with E-state index in [1.165, 1.54) is 4.88 Å². The number of aromatic nitrogens is 3. The second kappa shape index (κ2) is 7.74. The molecule has 7 nitrogen and oxygen atoms in total. The van der Waals surface area contributed by atoms with Crippen molar-refractivity contribution in [2.75, 3.05) is 14.1 Å². The van der Waals surface area contributed by atoms with Gasteiger partial charge in [-0.05, 0) is 61.8 Å². The average molecular weight is 453 g/mol. The maximum atomic E-state index is 10.1. The first-order chi connectivity index (χ1) is 15.0. The Labute approximate surface area is 189 Å². The minimum atomic E-state index is -0.337. The highest BCUT2D eigenvalue weighted by molar-refractivity contribution is 7.16. The van der Waals surface area contributed by atoms with E-state index in [4.69, 9.17) is 16.1 Å². The molecule has 0 aliphatic heterocycles. The minimum absolute atomic E-state index is 0.188. The monoisotopic (exact) mass is 452 g/mol. The van der Waals surface area contributed by atoms with Crippen LogP contribution in [-0.4, -0.2) is 40.5 Å². The number of hydrogen-bond acceptors (Lipinski definition) is 7. The van der Waals surface area contributed by atoms with Crippen LogP contribution in [-0.2, 0) is 18.3 Å². The lowest BCUT2D eigenvalue weighted by Crippen LogP contribution is -2.35. The number of halogens is 1. The van der Waals surface area contributed by atoms with Crippen molar-refractivity contribution in [2.45, 2.75) is 43.9 Å². The lowest BCUT2D eigenvalue weighted by Gasteiger charge is -2.39. The van der Waals surface area contributed by atoms with E-state index in [2.05, 4.69) is 26.2 Å². The zero-order valence-electron chi connectivity index (χ0n) is 17.4. The highest BCUT2D eigenvalue weighted by Crippen LogP contribution is 2.55. The van der Waals surface area contributed by atoms with E-state index >= 15 is 0 Å². The van der Waals surface area contributed by atoms with Gasteiger partial charge in [0.15, 0.2) is 5.76 Å². The van der Waals surface area contributed by atoms with Gasteiger partial charge in [-0.25, -0.2) is 15.0 Å². The van der Waals surface area contributed by atoms with Crippen LogP contribution in [0.2, 0.25) is 5.28 Å². The Morgan fingerprint density at radius 3 is 2.87 bits per heavy atom. The summed E-state index contributed by atoms with van der Waals surface area (Å²) in [6.45, 7) is 0. The molecular weight excluding hydrogens is 432 g/mol. The van der Waals surface area contributed by atoms with E-state index in [0.29, 0.717) is 11.3 Å². The lowest BCUT2D eigenvalue weighted by molar-refractivity contribution is 0.265. The number of thiophene rings is 1. The standard InChI is InChI=1S/C22H21ClN6OS/c1-29(2)12-26-20-14(11-24)17-16(31-20)6-4-9-22(17)8-3-5-13-18(28-30-19(13)22)15-7-10-25-21(23)27-15/h7,10,12H,3-6,8-9H2,1-2H3/b26-12+/t22-/m0/s1. The zero-order chi connectivity index (χ0) is 21.6. The normalized spacial score (nSPS) is 19.9. The second-order valence-electron chi connectivity index (χ2n) is 8.24. The third-order valence-corrected chi connectivity index (χ3v) is 7.43. The number of aliphatic imine (C=N–C) groups is 1. The molecule has 0 aromatic carbocycles. The van der Waals surface area contributed by atoms with E-state index in [0.717, 1.165) is 66.1 Å². The van der Waals surface area contributed by atoms with Crippen molar-refractivity contribution in [1.82, 2.24) is 20.0 Å². The van der Waals surface area contributed by atoms with E-state index in [9.17, 15) is 5.26 Å². The lowest BCUT2D eigenvalue weighted by atomic mass is 9.63. The summed E-state index contributed by atoms with van der Waals surface area (Å²) >= 11 is 7.64. The van der Waals surface area contributed by atoms with Crippen molar-refractivity contribution in [1.29, 1.82) is 5.26 Å². The molecule has 2 aliphatic rings. The van der Waals surface area contributed by atoms with E-state index < -0.39 is 0 Å². The molecule has 2 aliphatic carbocycles. The number of nitrogens with zero attached hydrogens (tertiary/aromatic N) is 6. The molecule has 3 aromatic heterocycles. The summed E-state index contributed by atoms with van der Waals surface area (Å²) in [5.41, 5.74) is 3.90. The highest BCUT2D eigenvalue weighted by Gasteiger charge is 2.48. The summed E-state index contributed by atoms with van der Waals surface area (Å²) in [6.07, 6.45) is 9.13. The van der Waals surface area contributed by atoms with E-state index in [1.807, 2.05) is 19.0 Å². The maximum Gasteiger partial charge on any atom is 0.222 e. The van der Waals surface area contributed by atoms with Gasteiger partial charge in [-0.1, -0.05) is 5.16 Å². The Bertz CT molecular complexity index is 1220. The predicted octanol–water partition coefficient (Wildman–Crippen LogP) is 4.90. The predicted molar refractivity (Wildman–Crippen MR) is 120 cm³/mol. The molecule has 0 bridgehead atoms. The fraction of sp³-hybridized carbons (Fsp3) is 0.409. The van der Waals surface area contributed by atoms with Crippen LogP contribution < -0.4 is 0 Å². The number of aryl methyl sites for hydroxylation is 1. The SMILES string of the molecule is CN(C)/C=N/c1sc2c(c1C#N)[C@@]1(CCC2)CCCc2c(-c3ccnc(Cl)n3)noc21. The van der Waals surface area contributed by atoms with Gasteiger partial charge in [-0.2, -0.15) is 5.26 Å². The molecule has 3 heterocycles. The minimum Gasteiger partial charge on any atom is -0.369 e. The Balaban J connectivity index is 1.69. The molecule has 158 valence electrons. The topological polar surface area (TPSA) is 91.2 Å². The zero-order valence-corrected chi connectivity index (χ0v) is 18.9. The van der Waals surface area contributed by atoms with Gasteiger partial charge in [-0.3, -0.25) is 0 Å². The van der Waals surface area contributed by atoms with Crippen molar-refractivity contribution < 1.29 is 4.52 Å². The maximum absolute atomic E-state index is 10.1. The molecule has 0 saturated heterocycles. The Morgan fingerprint density at radius 1 is 1.32 bits per heavy atom. The molecule has 0 radical (unpaired) electrons. The van der Waals surface area contributed by atoms with Crippen molar-refractivity contribution in [3.05, 3.63) is 44.9 Å². The number of fused-ring (bicyclic) bond motifs is 4. The molecule has 9 heteroatoms. The van der Waals surface area contributed by atoms with Crippen LogP contribution in [0, 0.1) is 11.3 Å². The largest absolute Gasteiger partial charge is 0.369 e. The molecule has 1 atom stereocenters. The van der Waals surface area contributed by atoms with Gasteiger partial charge in [0.05, 0.1) is 23.0 Å². The Kier molecular flexibility index (Phi) is 5.03. The van der Waals surface area contributed by atoms with Gasteiger partial charge < -0.3 is 9.42 Å². The van der Waals surface area contributed by atoms with Crippen LogP contribution >= 0.6 is 22.9 Å². The smallest absolute Gasteiger partial charge is 0.222 e. The quantitative estimate of drug-likeness (QED) is 0.319. The van der Waals surface area contributed by atoms with Crippen LogP contribution in [0.25, 0.3) is 11.4 Å². The molecule has 5 rings (SSSR count). The Morgan fingerprint density at radius 2 is 2.13 bits per heavy atom. The van der Waals surface area contributed by atoms with Crippen LogP contribution in [0.4, 0.5) is 5.00 Å². The summed E-state index contributed by atoms with van der Waals surface area (Å²) in [4.78, 5) is 16.0. The third-order valence-electron chi connectivity index (χ3n) is 6.09. The van der Waals surface area contributed by atoms with Crippen molar-refractivity contribution in [3.63, 3.8) is 0 Å². The fourth-order valence-electron chi connectivity index (χ4n) is 4.93. The highest BCUT2D eigenvalue weighted by atomic mass is 35.5. The summed E-state index contributed by atoms with van der Waals surface area (Å²) in [5.74, 6) is 0.877. The first-order valence-corrected chi connectivity index (χ1v) is 11.5. The number of rotatable bonds is 3. The molecular formula is C22H21ClN6OS. The molecule has 0 N–H and O–H groups in total. The molecule has 3 aromatic rings. The first-order valence-electron chi connectivity index (χ1n) is 10.3. The molecule has 0 saturated carbocycles. The van der Waals surface area contributed by atoms with Gasteiger partial charge in [0.1, 0.15) is 16.8 Å². The van der Waals surface area contributed by atoms with Gasteiger partial charge in [-0.15, -0.1) is 11.3 Å². The molecule has 1 spiro atoms. The number of nitriles is 1. The molecule has 0 unspecified atom stereocenters. The fourth-order valence-corrected chi connectivity index (χ4v) is 6.30. The Hall–Kier alpha value is -2.76. The van der Waals surface area contributed by atoms with Crippen LogP contribution in [0.15, 0.2) is 21.8 Å². The molecule has 31 heavy (non-hydrogen) atoms. The van der Waals surface area contributed by atoms with E-state index in [-0.39, 0.29) is 10.7 Å². The molecule has 0 amide bonds. The summed E-state index contributed by atoms with van der Waals surface area (Å²) in [6, 6.07) is 4.26. The third kappa shape index (κ3) is 3.24. The van der Waals surface area contributed by atoms with Gasteiger partial charge in [0.25, 0.3) is 0 Å². The summed E-state index contributed by atoms with van der Waals surface area (Å²) in [7, 11) is 3.85. The van der Waals surface area contributed by atoms with Crippen LogP contribution in [0.1, 0.15) is 53.0 Å². The van der Waals surface area contributed by atoms with Crippen LogP contribution in [0.3, 0.4) is 0 Å². The van der Waals surface area contributed by atoms with Gasteiger partial charge in [0, 0.05) is 30.7 Å². The van der Waals surface area contributed by atoms with Crippen molar-refractivity contribution in [2.24, 2.45) is 4.99 Å². The van der Waals surface area contributed by atoms with Gasteiger partial charge in [0.2, 0.25) is 5.28 Å². The van der Waals surface area contributed by atoms with Crippen LogP contribution in [0.5, 0.6) is 0 Å². The van der Waals surface area contributed by atoms with Crippen molar-refractivity contribution >= 4 is 34.3 Å². The van der Waals surface area contributed by atoms with E-state index in [1.54, 1.807) is 29.9 Å². The first kappa shape index (κ1) is 20.2. The average Bonchev–Trinajstić information content (AvgIpc) is 3.35. The molecule has 0 fully saturated rings.